The van der Waals surface area contributed by atoms with Crippen LogP contribution in [0, 0.1) is 0 Å². The lowest BCUT2D eigenvalue weighted by molar-refractivity contribution is -0.310. The lowest BCUT2D eigenvalue weighted by Crippen LogP contribution is -2.47. The summed E-state index contributed by atoms with van der Waals surface area (Å²) < 4.78 is 15.7. The molecule has 1 atom stereocenters. The fourth-order valence-corrected chi connectivity index (χ4v) is 7.40. The summed E-state index contributed by atoms with van der Waals surface area (Å²) >= 11 is 0. The SMILES string of the molecule is COc1ccc([P+](c2ccc(OC)cc2)(c2ccc(OC)cc2)C(O)C(=O)[O-])cc1. The second-order valence-electron chi connectivity index (χ2n) is 6.51. The minimum Gasteiger partial charge on any atom is -0.543 e. The van der Waals surface area contributed by atoms with E-state index in [0.29, 0.717) is 33.2 Å². The number of carbonyl (C=O) groups excluding carboxylic acids is 1. The fourth-order valence-electron chi connectivity index (χ4n) is 3.48. The largest absolute Gasteiger partial charge is 0.543 e. The summed E-state index contributed by atoms with van der Waals surface area (Å²) in [6, 6.07) is 21.2. The molecule has 1 N–H and O–H groups in total. The van der Waals surface area contributed by atoms with E-state index in [4.69, 9.17) is 14.2 Å². The van der Waals surface area contributed by atoms with Crippen molar-refractivity contribution in [3.8, 4) is 17.2 Å². The quantitative estimate of drug-likeness (QED) is 0.543. The zero-order chi connectivity index (χ0) is 21.7. The molecule has 6 nitrogen and oxygen atoms in total. The maximum atomic E-state index is 12.0. The second-order valence-corrected chi connectivity index (χ2v) is 9.99. The molecule has 7 heteroatoms. The number of hydrogen-bond donors (Lipinski definition) is 1. The van der Waals surface area contributed by atoms with Crippen LogP contribution in [0.2, 0.25) is 0 Å². The Kier molecular flexibility index (Phi) is 6.60. The van der Waals surface area contributed by atoms with Gasteiger partial charge in [0, 0.05) is 0 Å². The van der Waals surface area contributed by atoms with Crippen LogP contribution in [0.5, 0.6) is 17.2 Å². The predicted molar refractivity (Wildman–Crippen MR) is 116 cm³/mol. The molecule has 0 bridgehead atoms. The number of benzene rings is 3. The van der Waals surface area contributed by atoms with Crippen LogP contribution in [0.1, 0.15) is 0 Å². The number of hydrogen-bond acceptors (Lipinski definition) is 6. The minimum atomic E-state index is -3.06. The third kappa shape index (κ3) is 3.84. The first kappa shape index (κ1) is 21.6. The maximum Gasteiger partial charge on any atom is 0.218 e. The normalized spacial score (nSPS) is 12.1. The molecule has 0 amide bonds. The van der Waals surface area contributed by atoms with E-state index in [1.807, 2.05) is 0 Å². The van der Waals surface area contributed by atoms with Crippen LogP contribution in [0.15, 0.2) is 72.8 Å². The van der Waals surface area contributed by atoms with Gasteiger partial charge in [0.05, 0.1) is 21.3 Å². The number of carboxylic acids is 1. The van der Waals surface area contributed by atoms with Gasteiger partial charge in [0.2, 0.25) is 5.85 Å². The molecule has 0 spiro atoms. The third-order valence-corrected chi connectivity index (χ3v) is 9.30. The number of ether oxygens (including phenoxy) is 3. The number of aliphatic carboxylic acids is 1. The summed E-state index contributed by atoms with van der Waals surface area (Å²) in [5, 5.41) is 25.1. The standard InChI is InChI=1S/C23H23O6P/c1-27-16-4-10-19(11-5-16)30(23(26)22(24)25,20-12-6-17(28-2)7-13-20)21-14-8-18(29-3)9-15-21/h4-15,23,26H,1-3H3. The Bertz CT molecular complexity index is 868. The second kappa shape index (κ2) is 9.16. The van der Waals surface area contributed by atoms with E-state index in [2.05, 4.69) is 0 Å². The molecule has 0 aliphatic rings. The van der Waals surface area contributed by atoms with Gasteiger partial charge in [0.25, 0.3) is 0 Å². The molecule has 0 saturated carbocycles. The van der Waals surface area contributed by atoms with Gasteiger partial charge >= 0.3 is 0 Å². The average molecular weight is 426 g/mol. The molecule has 30 heavy (non-hydrogen) atoms. The van der Waals surface area contributed by atoms with Gasteiger partial charge in [0.1, 0.15) is 46.4 Å². The van der Waals surface area contributed by atoms with Gasteiger partial charge in [-0.3, -0.25) is 0 Å². The molecule has 3 aromatic rings. The number of carbonyl (C=O) groups is 1. The van der Waals surface area contributed by atoms with Crippen molar-refractivity contribution in [3.05, 3.63) is 72.8 Å². The lowest BCUT2D eigenvalue weighted by atomic mass is 10.3. The highest BCUT2D eigenvalue weighted by Gasteiger charge is 2.53. The Hall–Kier alpha value is -3.08. The van der Waals surface area contributed by atoms with Gasteiger partial charge < -0.3 is 29.2 Å². The highest BCUT2D eigenvalue weighted by atomic mass is 31.2. The molecule has 0 heterocycles. The van der Waals surface area contributed by atoms with Gasteiger partial charge in [-0.05, 0) is 72.8 Å². The van der Waals surface area contributed by atoms with Crippen LogP contribution < -0.4 is 35.2 Å². The summed E-state index contributed by atoms with van der Waals surface area (Å²) in [6.45, 7) is 0. The van der Waals surface area contributed by atoms with Gasteiger partial charge in [-0.25, -0.2) is 0 Å². The van der Waals surface area contributed by atoms with E-state index in [9.17, 15) is 15.0 Å². The van der Waals surface area contributed by atoms with E-state index in [1.165, 1.54) is 0 Å². The molecule has 0 aliphatic carbocycles. The number of aliphatic hydroxyl groups excluding tert-OH is 1. The zero-order valence-corrected chi connectivity index (χ0v) is 17.8. The topological polar surface area (TPSA) is 88.1 Å². The van der Waals surface area contributed by atoms with Crippen molar-refractivity contribution < 1.29 is 29.2 Å². The molecule has 156 valence electrons. The van der Waals surface area contributed by atoms with Crippen LogP contribution in [0.4, 0.5) is 0 Å². The Balaban J connectivity index is 2.34. The molecular formula is C23H23O6P. The minimum absolute atomic E-state index is 0.629. The first-order valence-corrected chi connectivity index (χ1v) is 11.0. The number of methoxy groups -OCH3 is 3. The number of carboxylic acid groups (broad SMARTS) is 1. The Morgan fingerprint density at radius 1 is 0.700 bits per heavy atom. The first-order chi connectivity index (χ1) is 14.5. The highest BCUT2D eigenvalue weighted by molar-refractivity contribution is 7.96. The zero-order valence-electron chi connectivity index (χ0n) is 16.9. The summed E-state index contributed by atoms with van der Waals surface area (Å²) in [5.74, 6) is -1.41. The summed E-state index contributed by atoms with van der Waals surface area (Å²) in [7, 11) is 1.60. The van der Waals surface area contributed by atoms with E-state index >= 15 is 0 Å². The molecule has 0 fully saturated rings. The van der Waals surface area contributed by atoms with Gasteiger partial charge in [0.15, 0.2) is 0 Å². The van der Waals surface area contributed by atoms with Gasteiger partial charge in [-0.15, -0.1) is 0 Å². The maximum absolute atomic E-state index is 12.0. The van der Waals surface area contributed by atoms with Gasteiger partial charge in [-0.2, -0.15) is 0 Å². The summed E-state index contributed by atoms with van der Waals surface area (Å²) in [4.78, 5) is 12.0. The van der Waals surface area contributed by atoms with Crippen LogP contribution in [0.3, 0.4) is 0 Å². The van der Waals surface area contributed by atoms with Crippen LogP contribution in [-0.4, -0.2) is 38.3 Å². The van der Waals surface area contributed by atoms with Crippen LogP contribution >= 0.6 is 7.26 Å². The molecular weight excluding hydrogens is 403 g/mol. The third-order valence-electron chi connectivity index (χ3n) is 5.02. The van der Waals surface area contributed by atoms with Crippen molar-refractivity contribution in [1.82, 2.24) is 0 Å². The Morgan fingerprint density at radius 3 is 1.17 bits per heavy atom. The summed E-state index contributed by atoms with van der Waals surface area (Å²) in [5.41, 5.74) is 0. The summed E-state index contributed by atoms with van der Waals surface area (Å²) in [6.07, 6.45) is 0. The van der Waals surface area contributed by atoms with Crippen LogP contribution in [0.25, 0.3) is 0 Å². The Morgan fingerprint density at radius 2 is 0.967 bits per heavy atom. The van der Waals surface area contributed by atoms with E-state index in [1.54, 1.807) is 94.1 Å². The van der Waals surface area contributed by atoms with E-state index in [0.717, 1.165) is 0 Å². The smallest absolute Gasteiger partial charge is 0.218 e. The monoisotopic (exact) mass is 426 g/mol. The van der Waals surface area contributed by atoms with Crippen molar-refractivity contribution in [2.45, 2.75) is 5.85 Å². The van der Waals surface area contributed by atoms with Crippen molar-refractivity contribution in [2.75, 3.05) is 21.3 Å². The highest BCUT2D eigenvalue weighted by Crippen LogP contribution is 2.59. The van der Waals surface area contributed by atoms with Crippen LogP contribution in [-0.2, 0) is 4.79 Å². The average Bonchev–Trinajstić information content (AvgIpc) is 2.80. The van der Waals surface area contributed by atoms with Crippen molar-refractivity contribution in [1.29, 1.82) is 0 Å². The number of rotatable bonds is 8. The molecule has 0 aromatic heterocycles. The molecule has 3 aromatic carbocycles. The molecule has 0 saturated heterocycles. The van der Waals surface area contributed by atoms with Crippen molar-refractivity contribution in [2.24, 2.45) is 0 Å². The molecule has 0 aliphatic heterocycles. The molecule has 0 radical (unpaired) electrons. The lowest BCUT2D eigenvalue weighted by Gasteiger charge is -2.32. The Labute approximate surface area is 176 Å². The molecule has 3 rings (SSSR count). The van der Waals surface area contributed by atoms with Crippen molar-refractivity contribution in [3.63, 3.8) is 0 Å². The van der Waals surface area contributed by atoms with E-state index < -0.39 is 19.1 Å². The number of aliphatic hydroxyl groups is 1. The predicted octanol–water partition coefficient (Wildman–Crippen LogP) is 1.07. The van der Waals surface area contributed by atoms with Gasteiger partial charge in [-0.1, -0.05) is 0 Å². The van der Waals surface area contributed by atoms with Crippen molar-refractivity contribution >= 4 is 29.1 Å². The molecule has 1 unspecified atom stereocenters. The first-order valence-electron chi connectivity index (χ1n) is 9.19. The van der Waals surface area contributed by atoms with E-state index in [-0.39, 0.29) is 0 Å². The fraction of sp³-hybridized carbons (Fsp3) is 0.174.